The first-order valence-corrected chi connectivity index (χ1v) is 6.36. The number of hydrogen-bond acceptors (Lipinski definition) is 5. The van der Waals surface area contributed by atoms with E-state index in [4.69, 9.17) is 21.1 Å². The predicted molar refractivity (Wildman–Crippen MR) is 80.9 cm³/mol. The number of hydrogen-bond donors (Lipinski definition) is 1. The van der Waals surface area contributed by atoms with Crippen LogP contribution in [-0.4, -0.2) is 19.1 Å². The van der Waals surface area contributed by atoms with Crippen molar-refractivity contribution >= 4 is 28.7 Å². The van der Waals surface area contributed by atoms with Gasteiger partial charge in [0.25, 0.3) is 0 Å². The Balaban J connectivity index is 2.39. The zero-order valence-corrected chi connectivity index (χ0v) is 12.2. The van der Waals surface area contributed by atoms with Crippen LogP contribution in [0.1, 0.15) is 0 Å². The largest absolute Gasteiger partial charge is 0.493 e. The number of nitro groups is 1. The molecule has 110 valence electrons. The molecule has 0 heterocycles. The fourth-order valence-electron chi connectivity index (χ4n) is 1.87. The summed E-state index contributed by atoms with van der Waals surface area (Å²) >= 11 is 5.87. The number of methoxy groups -OCH3 is 2. The molecule has 0 aliphatic carbocycles. The van der Waals surface area contributed by atoms with Crippen LogP contribution in [0.5, 0.6) is 11.5 Å². The Labute approximate surface area is 126 Å². The van der Waals surface area contributed by atoms with Gasteiger partial charge < -0.3 is 14.8 Å². The molecule has 6 nitrogen and oxygen atoms in total. The third-order valence-corrected chi connectivity index (χ3v) is 3.14. The van der Waals surface area contributed by atoms with E-state index >= 15 is 0 Å². The molecule has 0 unspecified atom stereocenters. The maximum Gasteiger partial charge on any atom is 0.311 e. The Morgan fingerprint density at radius 1 is 1.14 bits per heavy atom. The third-order valence-electron chi connectivity index (χ3n) is 2.83. The molecule has 2 rings (SSSR count). The number of nitrogens with one attached hydrogen (secondary N) is 1. The van der Waals surface area contributed by atoms with Gasteiger partial charge in [-0.15, -0.1) is 0 Å². The van der Waals surface area contributed by atoms with Gasteiger partial charge in [-0.25, -0.2) is 0 Å². The Morgan fingerprint density at radius 3 is 2.48 bits per heavy atom. The fourth-order valence-corrected chi connectivity index (χ4v) is 2.11. The van der Waals surface area contributed by atoms with Gasteiger partial charge >= 0.3 is 5.69 Å². The quantitative estimate of drug-likeness (QED) is 0.667. The monoisotopic (exact) mass is 308 g/mol. The molecule has 2 aromatic rings. The van der Waals surface area contributed by atoms with Gasteiger partial charge in [0.05, 0.1) is 19.1 Å². The van der Waals surface area contributed by atoms with Crippen molar-refractivity contribution in [1.29, 1.82) is 0 Å². The maximum absolute atomic E-state index is 11.1. The predicted octanol–water partition coefficient (Wildman–Crippen LogP) is 4.01. The third kappa shape index (κ3) is 3.17. The molecule has 0 aliphatic heterocycles. The molecule has 0 amide bonds. The SMILES string of the molecule is COc1ccc(Nc2cccc(Cl)c2[N+](=O)[O-])cc1OC. The van der Waals surface area contributed by atoms with Gasteiger partial charge in [0.2, 0.25) is 0 Å². The van der Waals surface area contributed by atoms with E-state index in [1.54, 1.807) is 30.3 Å². The molecule has 0 aliphatic rings. The van der Waals surface area contributed by atoms with Crippen LogP contribution in [0.15, 0.2) is 36.4 Å². The summed E-state index contributed by atoms with van der Waals surface area (Å²) in [5.41, 5.74) is 0.756. The number of para-hydroxylation sites is 1. The molecule has 0 saturated heterocycles. The molecule has 1 N–H and O–H groups in total. The fraction of sp³-hybridized carbons (Fsp3) is 0.143. The summed E-state index contributed by atoms with van der Waals surface area (Å²) in [5, 5.41) is 14.1. The van der Waals surface area contributed by atoms with Crippen molar-refractivity contribution < 1.29 is 14.4 Å². The van der Waals surface area contributed by atoms with Gasteiger partial charge in [-0.2, -0.15) is 0 Å². The lowest BCUT2D eigenvalue weighted by atomic mass is 10.2. The molecule has 0 fully saturated rings. The highest BCUT2D eigenvalue weighted by Gasteiger charge is 2.18. The first kappa shape index (κ1) is 14.9. The standard InChI is InChI=1S/C14H13ClN2O4/c1-20-12-7-6-9(8-13(12)21-2)16-11-5-3-4-10(15)14(11)17(18)19/h3-8,16H,1-2H3. The van der Waals surface area contributed by atoms with Crippen molar-refractivity contribution in [3.8, 4) is 11.5 Å². The minimum atomic E-state index is -0.522. The lowest BCUT2D eigenvalue weighted by Crippen LogP contribution is -1.98. The van der Waals surface area contributed by atoms with Crippen molar-refractivity contribution in [2.75, 3.05) is 19.5 Å². The summed E-state index contributed by atoms with van der Waals surface area (Å²) in [7, 11) is 3.05. The molecule has 7 heteroatoms. The van der Waals surface area contributed by atoms with E-state index in [2.05, 4.69) is 5.32 Å². The summed E-state index contributed by atoms with van der Waals surface area (Å²) in [5.74, 6) is 1.09. The average Bonchev–Trinajstić information content (AvgIpc) is 2.46. The number of rotatable bonds is 5. The normalized spacial score (nSPS) is 10.0. The van der Waals surface area contributed by atoms with Crippen molar-refractivity contribution in [3.63, 3.8) is 0 Å². The van der Waals surface area contributed by atoms with Crippen LogP contribution in [0.3, 0.4) is 0 Å². The van der Waals surface area contributed by atoms with Crippen LogP contribution in [0, 0.1) is 10.1 Å². The molecule has 2 aromatic carbocycles. The Morgan fingerprint density at radius 2 is 1.86 bits per heavy atom. The van der Waals surface area contributed by atoms with Crippen molar-refractivity contribution in [1.82, 2.24) is 0 Å². The number of benzene rings is 2. The first-order valence-electron chi connectivity index (χ1n) is 5.98. The molecule has 0 radical (unpaired) electrons. The van der Waals surface area contributed by atoms with Gasteiger partial charge in [-0.1, -0.05) is 17.7 Å². The van der Waals surface area contributed by atoms with Crippen LogP contribution < -0.4 is 14.8 Å². The summed E-state index contributed by atoms with van der Waals surface area (Å²) in [6.45, 7) is 0. The van der Waals surface area contributed by atoms with Gasteiger partial charge in [0.1, 0.15) is 10.7 Å². The highest BCUT2D eigenvalue weighted by Crippen LogP contribution is 2.36. The Kier molecular flexibility index (Phi) is 4.49. The number of ether oxygens (including phenoxy) is 2. The average molecular weight is 309 g/mol. The van der Waals surface area contributed by atoms with E-state index in [9.17, 15) is 10.1 Å². The van der Waals surface area contributed by atoms with Gasteiger partial charge in [-0.3, -0.25) is 10.1 Å². The Bertz CT molecular complexity index is 676. The lowest BCUT2D eigenvalue weighted by molar-refractivity contribution is -0.383. The van der Waals surface area contributed by atoms with Crippen LogP contribution >= 0.6 is 11.6 Å². The molecule has 0 atom stereocenters. The second-order valence-electron chi connectivity index (χ2n) is 4.09. The lowest BCUT2D eigenvalue weighted by Gasteiger charge is -2.11. The van der Waals surface area contributed by atoms with E-state index in [1.165, 1.54) is 20.3 Å². The van der Waals surface area contributed by atoms with E-state index in [0.717, 1.165) is 0 Å². The molecule has 0 spiro atoms. The second-order valence-corrected chi connectivity index (χ2v) is 4.50. The van der Waals surface area contributed by atoms with Crippen LogP contribution in [0.25, 0.3) is 0 Å². The van der Waals surface area contributed by atoms with Crippen LogP contribution in [0.2, 0.25) is 5.02 Å². The molecule has 21 heavy (non-hydrogen) atoms. The zero-order chi connectivity index (χ0) is 15.4. The van der Waals surface area contributed by atoms with E-state index in [0.29, 0.717) is 22.9 Å². The summed E-state index contributed by atoms with van der Waals surface area (Å²) < 4.78 is 10.3. The molecular formula is C14H13ClN2O4. The first-order chi connectivity index (χ1) is 10.1. The minimum Gasteiger partial charge on any atom is -0.493 e. The Hall–Kier alpha value is -2.47. The summed E-state index contributed by atoms with van der Waals surface area (Å²) in [6.07, 6.45) is 0. The van der Waals surface area contributed by atoms with Crippen molar-refractivity contribution in [2.24, 2.45) is 0 Å². The van der Waals surface area contributed by atoms with Gasteiger partial charge in [-0.05, 0) is 24.3 Å². The summed E-state index contributed by atoms with van der Waals surface area (Å²) in [6, 6.07) is 9.81. The van der Waals surface area contributed by atoms with Crippen molar-refractivity contribution in [2.45, 2.75) is 0 Å². The summed E-state index contributed by atoms with van der Waals surface area (Å²) in [4.78, 5) is 10.6. The van der Waals surface area contributed by atoms with Gasteiger partial charge in [0, 0.05) is 11.8 Å². The van der Waals surface area contributed by atoms with E-state index < -0.39 is 4.92 Å². The maximum atomic E-state index is 11.1. The second kappa shape index (κ2) is 6.32. The van der Waals surface area contributed by atoms with E-state index in [-0.39, 0.29) is 10.7 Å². The molecular weight excluding hydrogens is 296 g/mol. The van der Waals surface area contributed by atoms with Gasteiger partial charge in [0.15, 0.2) is 11.5 Å². The number of nitrogens with zero attached hydrogens (tertiary/aromatic N) is 1. The molecule has 0 aromatic heterocycles. The number of anilines is 2. The van der Waals surface area contributed by atoms with Crippen molar-refractivity contribution in [3.05, 3.63) is 51.5 Å². The molecule has 0 saturated carbocycles. The topological polar surface area (TPSA) is 73.6 Å². The molecule has 0 bridgehead atoms. The van der Waals surface area contributed by atoms with Crippen LogP contribution in [0.4, 0.5) is 17.1 Å². The highest BCUT2D eigenvalue weighted by molar-refractivity contribution is 6.33. The zero-order valence-electron chi connectivity index (χ0n) is 11.4. The number of halogens is 1. The van der Waals surface area contributed by atoms with Crippen LogP contribution in [-0.2, 0) is 0 Å². The minimum absolute atomic E-state index is 0.0745. The van der Waals surface area contributed by atoms with E-state index in [1.807, 2.05) is 0 Å². The number of nitro benzene ring substituents is 1. The smallest absolute Gasteiger partial charge is 0.311 e. The highest BCUT2D eigenvalue weighted by atomic mass is 35.5.